The first-order chi connectivity index (χ1) is 12.5. The predicted octanol–water partition coefficient (Wildman–Crippen LogP) is 2.75. The standard InChI is InChI=1S/C19H23N3O4/c1-4-26-18-10-9-14(11-16(18)23)12-20-22-19(24)13(2)21-15-7-5-6-8-17(15)25-3/h5-13,21,23H,4H2,1-3H3,(H,22,24)/b20-12+. The first-order valence-corrected chi connectivity index (χ1v) is 8.23. The summed E-state index contributed by atoms with van der Waals surface area (Å²) in [5.74, 6) is 0.777. The molecule has 138 valence electrons. The molecule has 0 fully saturated rings. The topological polar surface area (TPSA) is 92.2 Å². The maximum Gasteiger partial charge on any atom is 0.262 e. The Kier molecular flexibility index (Phi) is 6.84. The minimum atomic E-state index is -0.516. The van der Waals surface area contributed by atoms with E-state index in [4.69, 9.17) is 9.47 Å². The van der Waals surface area contributed by atoms with E-state index in [2.05, 4.69) is 15.8 Å². The van der Waals surface area contributed by atoms with Gasteiger partial charge in [-0.25, -0.2) is 5.43 Å². The number of phenolic OH excluding ortho intramolecular Hbond substituents is 1. The van der Waals surface area contributed by atoms with E-state index in [1.165, 1.54) is 12.3 Å². The van der Waals surface area contributed by atoms with Crippen molar-refractivity contribution >= 4 is 17.8 Å². The second-order valence-corrected chi connectivity index (χ2v) is 5.46. The maximum absolute atomic E-state index is 12.1. The van der Waals surface area contributed by atoms with E-state index in [1.807, 2.05) is 31.2 Å². The summed E-state index contributed by atoms with van der Waals surface area (Å²) in [6, 6.07) is 11.7. The summed E-state index contributed by atoms with van der Waals surface area (Å²) in [7, 11) is 1.57. The second kappa shape index (κ2) is 9.31. The van der Waals surface area contributed by atoms with E-state index in [-0.39, 0.29) is 11.7 Å². The van der Waals surface area contributed by atoms with Crippen LogP contribution in [0, 0.1) is 0 Å². The number of hydrazone groups is 1. The number of nitrogens with one attached hydrogen (secondary N) is 2. The lowest BCUT2D eigenvalue weighted by atomic mass is 10.2. The Morgan fingerprint density at radius 2 is 2.04 bits per heavy atom. The Morgan fingerprint density at radius 1 is 1.27 bits per heavy atom. The highest BCUT2D eigenvalue weighted by molar-refractivity contribution is 5.87. The highest BCUT2D eigenvalue weighted by Crippen LogP contribution is 2.26. The van der Waals surface area contributed by atoms with Gasteiger partial charge in [0.25, 0.3) is 5.91 Å². The van der Waals surface area contributed by atoms with Crippen molar-refractivity contribution in [1.29, 1.82) is 0 Å². The summed E-state index contributed by atoms with van der Waals surface area (Å²) in [6.07, 6.45) is 1.45. The summed E-state index contributed by atoms with van der Waals surface area (Å²) in [5, 5.41) is 16.8. The molecular formula is C19H23N3O4. The number of anilines is 1. The van der Waals surface area contributed by atoms with Crippen LogP contribution < -0.4 is 20.2 Å². The SMILES string of the molecule is CCOc1ccc(/C=N/NC(=O)C(C)Nc2ccccc2OC)cc1O. The van der Waals surface area contributed by atoms with Crippen LogP contribution in [0.1, 0.15) is 19.4 Å². The van der Waals surface area contributed by atoms with Crippen LogP contribution in [0.3, 0.4) is 0 Å². The van der Waals surface area contributed by atoms with Crippen molar-refractivity contribution in [1.82, 2.24) is 5.43 Å². The number of methoxy groups -OCH3 is 1. The summed E-state index contributed by atoms with van der Waals surface area (Å²) in [4.78, 5) is 12.1. The quantitative estimate of drug-likeness (QED) is 0.499. The average Bonchev–Trinajstić information content (AvgIpc) is 2.64. The summed E-state index contributed by atoms with van der Waals surface area (Å²) >= 11 is 0. The van der Waals surface area contributed by atoms with E-state index in [9.17, 15) is 9.90 Å². The van der Waals surface area contributed by atoms with E-state index in [1.54, 1.807) is 26.2 Å². The molecule has 1 amide bonds. The van der Waals surface area contributed by atoms with E-state index in [0.717, 1.165) is 5.69 Å². The molecule has 7 nitrogen and oxygen atoms in total. The van der Waals surface area contributed by atoms with Gasteiger partial charge in [0.05, 0.1) is 25.6 Å². The first-order valence-electron chi connectivity index (χ1n) is 8.23. The van der Waals surface area contributed by atoms with Crippen molar-refractivity contribution in [3.8, 4) is 17.2 Å². The van der Waals surface area contributed by atoms with Gasteiger partial charge in [0, 0.05) is 0 Å². The highest BCUT2D eigenvalue weighted by Gasteiger charge is 2.13. The molecule has 2 rings (SSSR count). The molecule has 0 spiro atoms. The first kappa shape index (κ1) is 19.1. The van der Waals surface area contributed by atoms with Gasteiger partial charge < -0.3 is 19.9 Å². The maximum atomic E-state index is 12.1. The zero-order valence-electron chi connectivity index (χ0n) is 15.0. The third-order valence-electron chi connectivity index (χ3n) is 3.54. The van der Waals surface area contributed by atoms with Crippen LogP contribution >= 0.6 is 0 Å². The Balaban J connectivity index is 1.93. The van der Waals surface area contributed by atoms with E-state index in [0.29, 0.717) is 23.7 Å². The Labute approximate surface area is 152 Å². The normalized spacial score (nSPS) is 11.8. The van der Waals surface area contributed by atoms with Crippen LogP contribution in [0.2, 0.25) is 0 Å². The van der Waals surface area contributed by atoms with Crippen molar-refractivity contribution in [3.63, 3.8) is 0 Å². The minimum Gasteiger partial charge on any atom is -0.504 e. The van der Waals surface area contributed by atoms with Gasteiger partial charge in [-0.2, -0.15) is 5.10 Å². The molecule has 0 saturated heterocycles. The van der Waals surface area contributed by atoms with Crippen molar-refractivity contribution in [2.24, 2.45) is 5.10 Å². The fourth-order valence-electron chi connectivity index (χ4n) is 2.22. The monoisotopic (exact) mass is 357 g/mol. The number of carbonyl (C=O) groups is 1. The lowest BCUT2D eigenvalue weighted by Gasteiger charge is -2.15. The molecule has 2 aromatic carbocycles. The van der Waals surface area contributed by atoms with Gasteiger partial charge in [0.2, 0.25) is 0 Å². The predicted molar refractivity (Wildman–Crippen MR) is 101 cm³/mol. The molecule has 1 atom stereocenters. The lowest BCUT2D eigenvalue weighted by molar-refractivity contribution is -0.121. The van der Waals surface area contributed by atoms with Crippen LogP contribution in [0.5, 0.6) is 17.2 Å². The van der Waals surface area contributed by atoms with Crippen molar-refractivity contribution in [2.75, 3.05) is 19.0 Å². The number of benzene rings is 2. The Morgan fingerprint density at radius 3 is 2.73 bits per heavy atom. The summed E-state index contributed by atoms with van der Waals surface area (Å²) < 4.78 is 10.5. The van der Waals surface area contributed by atoms with Crippen molar-refractivity contribution in [3.05, 3.63) is 48.0 Å². The fourth-order valence-corrected chi connectivity index (χ4v) is 2.22. The number of hydrogen-bond donors (Lipinski definition) is 3. The Hall–Kier alpha value is -3.22. The third kappa shape index (κ3) is 5.14. The third-order valence-corrected chi connectivity index (χ3v) is 3.54. The molecule has 0 aliphatic rings. The second-order valence-electron chi connectivity index (χ2n) is 5.46. The number of phenols is 1. The van der Waals surface area contributed by atoms with E-state index < -0.39 is 6.04 Å². The molecule has 0 saturated carbocycles. The molecule has 2 aromatic rings. The van der Waals surface area contributed by atoms with Gasteiger partial charge in [0.1, 0.15) is 11.8 Å². The number of rotatable bonds is 8. The molecular weight excluding hydrogens is 334 g/mol. The molecule has 0 radical (unpaired) electrons. The zero-order chi connectivity index (χ0) is 18.9. The van der Waals surface area contributed by atoms with Crippen LogP contribution in [0.4, 0.5) is 5.69 Å². The number of aromatic hydroxyl groups is 1. The fraction of sp³-hybridized carbons (Fsp3) is 0.263. The molecule has 0 aliphatic carbocycles. The molecule has 1 unspecified atom stereocenters. The molecule has 0 heterocycles. The van der Waals surface area contributed by atoms with Crippen LogP contribution in [0.25, 0.3) is 0 Å². The van der Waals surface area contributed by atoms with E-state index >= 15 is 0 Å². The van der Waals surface area contributed by atoms with Crippen molar-refractivity contribution < 1.29 is 19.4 Å². The Bertz CT molecular complexity index is 777. The number of hydrogen-bond acceptors (Lipinski definition) is 6. The number of carbonyl (C=O) groups excluding carboxylic acids is 1. The van der Waals surface area contributed by atoms with Gasteiger partial charge in [-0.3, -0.25) is 4.79 Å². The number of ether oxygens (including phenoxy) is 2. The molecule has 0 bridgehead atoms. The average molecular weight is 357 g/mol. The zero-order valence-corrected chi connectivity index (χ0v) is 15.0. The largest absolute Gasteiger partial charge is 0.504 e. The molecule has 7 heteroatoms. The number of para-hydroxylation sites is 2. The molecule has 0 aromatic heterocycles. The number of nitrogens with zero attached hydrogens (tertiary/aromatic N) is 1. The van der Waals surface area contributed by atoms with Gasteiger partial charge in [0.15, 0.2) is 11.5 Å². The van der Waals surface area contributed by atoms with Gasteiger partial charge in [-0.1, -0.05) is 12.1 Å². The van der Waals surface area contributed by atoms with Crippen LogP contribution in [-0.2, 0) is 4.79 Å². The van der Waals surface area contributed by atoms with Gasteiger partial charge in [-0.15, -0.1) is 0 Å². The molecule has 3 N–H and O–H groups in total. The molecule has 0 aliphatic heterocycles. The highest BCUT2D eigenvalue weighted by atomic mass is 16.5. The lowest BCUT2D eigenvalue weighted by Crippen LogP contribution is -2.35. The van der Waals surface area contributed by atoms with Crippen LogP contribution in [0.15, 0.2) is 47.6 Å². The summed E-state index contributed by atoms with van der Waals surface area (Å²) in [6.45, 7) is 4.03. The van der Waals surface area contributed by atoms with Crippen molar-refractivity contribution in [2.45, 2.75) is 19.9 Å². The summed E-state index contributed by atoms with van der Waals surface area (Å²) in [5.41, 5.74) is 3.82. The van der Waals surface area contributed by atoms with Crippen LogP contribution in [-0.4, -0.2) is 37.0 Å². The van der Waals surface area contributed by atoms with Gasteiger partial charge >= 0.3 is 0 Å². The van der Waals surface area contributed by atoms with Gasteiger partial charge in [-0.05, 0) is 49.7 Å². The molecule has 26 heavy (non-hydrogen) atoms. The minimum absolute atomic E-state index is 0.0216. The smallest absolute Gasteiger partial charge is 0.262 e. The number of amides is 1.